The fraction of sp³-hybridized carbons (Fsp3) is 0.176. The van der Waals surface area contributed by atoms with E-state index in [1.165, 1.54) is 36.5 Å². The predicted octanol–water partition coefficient (Wildman–Crippen LogP) is 3.06. The number of ether oxygens (including phenoxy) is 1. The number of nitro groups is 2. The minimum Gasteiger partial charge on any atom is -0.487 e. The maximum Gasteiger partial charge on any atom is 0.311 e. The van der Waals surface area contributed by atoms with Gasteiger partial charge in [-0.15, -0.1) is 0 Å². The van der Waals surface area contributed by atoms with E-state index in [1.807, 2.05) is 6.92 Å². The van der Waals surface area contributed by atoms with E-state index >= 15 is 0 Å². The molecule has 10 nitrogen and oxygen atoms in total. The maximum absolute atomic E-state index is 12.0. The Labute approximate surface area is 153 Å². The lowest BCUT2D eigenvalue weighted by atomic mass is 10.2. The molecule has 0 unspecified atom stereocenters. The van der Waals surface area contributed by atoms with Crippen molar-refractivity contribution in [1.29, 1.82) is 0 Å². The Bertz CT molecular complexity index is 897. The molecule has 140 valence electrons. The number of rotatable bonds is 8. The molecular weight excluding hydrogens is 356 g/mol. The molecule has 1 N–H and O–H groups in total. The molecule has 0 aliphatic rings. The van der Waals surface area contributed by atoms with E-state index in [0.717, 1.165) is 6.07 Å². The first-order chi connectivity index (χ1) is 12.9. The fourth-order valence-electron chi connectivity index (χ4n) is 2.08. The molecule has 0 radical (unpaired) electrons. The molecule has 0 atom stereocenters. The molecule has 0 saturated carbocycles. The van der Waals surface area contributed by atoms with Crippen LogP contribution in [0.15, 0.2) is 47.6 Å². The summed E-state index contributed by atoms with van der Waals surface area (Å²) in [5.74, 6) is -0.494. The van der Waals surface area contributed by atoms with Crippen LogP contribution >= 0.6 is 0 Å². The van der Waals surface area contributed by atoms with Gasteiger partial charge >= 0.3 is 5.69 Å². The van der Waals surface area contributed by atoms with Crippen molar-refractivity contribution in [1.82, 2.24) is 5.43 Å². The number of nitrogens with zero attached hydrogens (tertiary/aromatic N) is 3. The molecule has 0 aliphatic heterocycles. The molecule has 10 heteroatoms. The third-order valence-electron chi connectivity index (χ3n) is 3.34. The second kappa shape index (κ2) is 9.04. The van der Waals surface area contributed by atoms with Gasteiger partial charge in [-0.25, -0.2) is 5.43 Å². The lowest BCUT2D eigenvalue weighted by Gasteiger charge is -2.05. The zero-order chi connectivity index (χ0) is 19.8. The zero-order valence-corrected chi connectivity index (χ0v) is 14.3. The van der Waals surface area contributed by atoms with Gasteiger partial charge in [-0.05, 0) is 24.6 Å². The lowest BCUT2D eigenvalue weighted by Crippen LogP contribution is -2.17. The first-order valence-electron chi connectivity index (χ1n) is 7.91. The van der Waals surface area contributed by atoms with Gasteiger partial charge in [0, 0.05) is 29.3 Å². The van der Waals surface area contributed by atoms with Crippen LogP contribution in [0.25, 0.3) is 0 Å². The summed E-state index contributed by atoms with van der Waals surface area (Å²) < 4.78 is 5.32. The molecular formula is C17H16N4O6. The second-order valence-corrected chi connectivity index (χ2v) is 5.34. The van der Waals surface area contributed by atoms with Crippen LogP contribution in [0.4, 0.5) is 11.4 Å². The summed E-state index contributed by atoms with van der Waals surface area (Å²) in [7, 11) is 0. The van der Waals surface area contributed by atoms with Gasteiger partial charge in [0.15, 0.2) is 5.75 Å². The summed E-state index contributed by atoms with van der Waals surface area (Å²) in [5.41, 5.74) is 2.23. The summed E-state index contributed by atoms with van der Waals surface area (Å²) in [6, 6.07) is 9.46. The zero-order valence-electron chi connectivity index (χ0n) is 14.3. The van der Waals surface area contributed by atoms with Gasteiger partial charge in [-0.2, -0.15) is 5.10 Å². The predicted molar refractivity (Wildman–Crippen MR) is 97.0 cm³/mol. The minimum atomic E-state index is -0.646. The molecule has 2 rings (SSSR count). The van der Waals surface area contributed by atoms with Gasteiger partial charge in [-0.1, -0.05) is 13.0 Å². The summed E-state index contributed by atoms with van der Waals surface area (Å²) >= 11 is 0. The van der Waals surface area contributed by atoms with Gasteiger partial charge in [-0.3, -0.25) is 25.0 Å². The number of carbonyl (C=O) groups excluding carboxylic acids is 1. The quantitative estimate of drug-likeness (QED) is 0.429. The Hall–Kier alpha value is -3.82. The number of hydrazone groups is 1. The molecule has 27 heavy (non-hydrogen) atoms. The van der Waals surface area contributed by atoms with Crippen LogP contribution in [0.2, 0.25) is 0 Å². The third-order valence-corrected chi connectivity index (χ3v) is 3.34. The first-order valence-corrected chi connectivity index (χ1v) is 7.91. The molecule has 0 fully saturated rings. The van der Waals surface area contributed by atoms with Gasteiger partial charge in [0.25, 0.3) is 11.6 Å². The van der Waals surface area contributed by atoms with Crippen molar-refractivity contribution < 1.29 is 19.4 Å². The minimum absolute atomic E-state index is 0.0654. The van der Waals surface area contributed by atoms with Crippen LogP contribution in [-0.2, 0) is 0 Å². The molecule has 0 aliphatic carbocycles. The highest BCUT2D eigenvalue weighted by molar-refractivity contribution is 5.95. The van der Waals surface area contributed by atoms with Crippen LogP contribution in [0, 0.1) is 20.2 Å². The number of non-ortho nitro benzene ring substituents is 1. The summed E-state index contributed by atoms with van der Waals surface area (Å²) in [6.07, 6.45) is 1.94. The largest absolute Gasteiger partial charge is 0.487 e. The van der Waals surface area contributed by atoms with Crippen molar-refractivity contribution in [2.45, 2.75) is 13.3 Å². The van der Waals surface area contributed by atoms with Crippen molar-refractivity contribution in [3.05, 3.63) is 73.8 Å². The van der Waals surface area contributed by atoms with Crippen LogP contribution in [0.3, 0.4) is 0 Å². The van der Waals surface area contributed by atoms with Crippen LogP contribution in [0.1, 0.15) is 29.3 Å². The Morgan fingerprint density at radius 1 is 1.19 bits per heavy atom. The fourth-order valence-corrected chi connectivity index (χ4v) is 2.08. The number of benzene rings is 2. The van der Waals surface area contributed by atoms with Crippen LogP contribution < -0.4 is 10.2 Å². The van der Waals surface area contributed by atoms with Crippen LogP contribution in [-0.4, -0.2) is 28.6 Å². The molecule has 0 bridgehead atoms. The summed E-state index contributed by atoms with van der Waals surface area (Å²) in [5, 5.41) is 25.6. The number of amides is 1. The van der Waals surface area contributed by atoms with Gasteiger partial charge in [0.2, 0.25) is 0 Å². The van der Waals surface area contributed by atoms with E-state index in [1.54, 1.807) is 6.07 Å². The van der Waals surface area contributed by atoms with Crippen molar-refractivity contribution in [2.24, 2.45) is 5.10 Å². The molecule has 0 spiro atoms. The number of nitrogens with one attached hydrogen (secondary N) is 1. The number of nitro benzene ring substituents is 2. The Morgan fingerprint density at radius 3 is 2.63 bits per heavy atom. The van der Waals surface area contributed by atoms with Crippen molar-refractivity contribution in [3.63, 3.8) is 0 Å². The average molecular weight is 372 g/mol. The monoisotopic (exact) mass is 372 g/mol. The Morgan fingerprint density at radius 2 is 1.96 bits per heavy atom. The molecule has 1 amide bonds. The van der Waals surface area contributed by atoms with E-state index in [0.29, 0.717) is 18.6 Å². The Balaban J connectivity index is 2.10. The first kappa shape index (κ1) is 19.5. The average Bonchev–Trinajstić information content (AvgIpc) is 2.66. The van der Waals surface area contributed by atoms with Gasteiger partial charge in [0.05, 0.1) is 22.7 Å². The number of carbonyl (C=O) groups is 1. The SMILES string of the molecule is CCCOc1ccc(/C=N/NC(=O)c2cccc([N+](=O)[O-])c2)cc1[N+](=O)[O-]. The normalized spacial score (nSPS) is 10.6. The van der Waals surface area contributed by atoms with Crippen molar-refractivity contribution in [2.75, 3.05) is 6.61 Å². The van der Waals surface area contributed by atoms with E-state index in [4.69, 9.17) is 4.74 Å². The van der Waals surface area contributed by atoms with E-state index in [-0.39, 0.29) is 22.7 Å². The standard InChI is InChI=1S/C17H16N4O6/c1-2-8-27-16-7-6-12(9-15(16)21(25)26)11-18-19-17(22)13-4-3-5-14(10-13)20(23)24/h3-7,9-11H,2,8H2,1H3,(H,19,22)/b18-11+. The highest BCUT2D eigenvalue weighted by Gasteiger charge is 2.15. The molecule has 0 saturated heterocycles. The topological polar surface area (TPSA) is 137 Å². The summed E-state index contributed by atoms with van der Waals surface area (Å²) in [6.45, 7) is 2.24. The highest BCUT2D eigenvalue weighted by Crippen LogP contribution is 2.27. The van der Waals surface area contributed by atoms with Gasteiger partial charge in [0.1, 0.15) is 0 Å². The number of hydrogen-bond acceptors (Lipinski definition) is 7. The second-order valence-electron chi connectivity index (χ2n) is 5.34. The van der Waals surface area contributed by atoms with E-state index < -0.39 is 15.8 Å². The van der Waals surface area contributed by atoms with Crippen molar-refractivity contribution in [3.8, 4) is 5.75 Å². The lowest BCUT2D eigenvalue weighted by molar-refractivity contribution is -0.385. The number of hydrogen-bond donors (Lipinski definition) is 1. The molecule has 2 aromatic carbocycles. The van der Waals surface area contributed by atoms with Crippen LogP contribution in [0.5, 0.6) is 5.75 Å². The summed E-state index contributed by atoms with van der Waals surface area (Å²) in [4.78, 5) is 32.7. The Kier molecular flexibility index (Phi) is 6.53. The third kappa shape index (κ3) is 5.33. The van der Waals surface area contributed by atoms with E-state index in [2.05, 4.69) is 10.5 Å². The molecule has 0 heterocycles. The van der Waals surface area contributed by atoms with E-state index in [9.17, 15) is 25.0 Å². The molecule has 0 aromatic heterocycles. The smallest absolute Gasteiger partial charge is 0.311 e. The van der Waals surface area contributed by atoms with Crippen molar-refractivity contribution >= 4 is 23.5 Å². The van der Waals surface area contributed by atoms with Gasteiger partial charge < -0.3 is 4.74 Å². The molecule has 2 aromatic rings. The highest BCUT2D eigenvalue weighted by atomic mass is 16.6. The maximum atomic E-state index is 12.0.